The highest BCUT2D eigenvalue weighted by Gasteiger charge is 2.43. The smallest absolute Gasteiger partial charge is 0.327 e. The molecule has 0 aliphatic heterocycles. The third-order valence-corrected chi connectivity index (χ3v) is 6.30. The minimum Gasteiger partial charge on any atom is -0.468 e. The number of hydrogen-bond donors (Lipinski definition) is 1. The highest BCUT2D eigenvalue weighted by atomic mass is 35.5. The molecule has 0 amide bonds. The van der Waals surface area contributed by atoms with Crippen molar-refractivity contribution < 1.29 is 17.9 Å². The van der Waals surface area contributed by atoms with Gasteiger partial charge in [0.1, 0.15) is 10.4 Å². The Bertz CT molecular complexity index is 683. The number of carbonyl (C=O) groups excluding carboxylic acids is 1. The molecule has 1 aromatic rings. The molecule has 1 aromatic carbocycles. The Balaban J connectivity index is 2.41. The molecule has 23 heavy (non-hydrogen) atoms. The minimum atomic E-state index is -4.01. The van der Waals surface area contributed by atoms with Gasteiger partial charge >= 0.3 is 5.97 Å². The van der Waals surface area contributed by atoms with Crippen LogP contribution in [0.4, 0.5) is 0 Å². The number of carbonyl (C=O) groups is 1. The van der Waals surface area contributed by atoms with Crippen molar-refractivity contribution in [3.05, 3.63) is 28.2 Å². The molecule has 128 valence electrons. The summed E-state index contributed by atoms with van der Waals surface area (Å²) in [6, 6.07) is 4.19. The van der Waals surface area contributed by atoms with Crippen LogP contribution < -0.4 is 4.72 Å². The topological polar surface area (TPSA) is 72.5 Å². The lowest BCUT2D eigenvalue weighted by Gasteiger charge is -2.30. The predicted molar refractivity (Wildman–Crippen MR) is 89.2 cm³/mol. The van der Waals surface area contributed by atoms with E-state index in [2.05, 4.69) is 4.72 Å². The van der Waals surface area contributed by atoms with E-state index in [-0.39, 0.29) is 14.9 Å². The van der Waals surface area contributed by atoms with Gasteiger partial charge in [-0.2, -0.15) is 4.72 Å². The number of methoxy groups -OCH3 is 1. The fraction of sp³-hybridized carbons (Fsp3) is 0.533. The molecule has 0 aromatic heterocycles. The van der Waals surface area contributed by atoms with Crippen molar-refractivity contribution in [2.24, 2.45) is 0 Å². The van der Waals surface area contributed by atoms with Gasteiger partial charge in [-0.15, -0.1) is 0 Å². The van der Waals surface area contributed by atoms with E-state index in [4.69, 9.17) is 27.9 Å². The number of benzene rings is 1. The van der Waals surface area contributed by atoms with Crippen LogP contribution in [-0.4, -0.2) is 27.0 Å². The summed E-state index contributed by atoms with van der Waals surface area (Å²) in [5.41, 5.74) is -1.25. The van der Waals surface area contributed by atoms with Crippen LogP contribution in [0.3, 0.4) is 0 Å². The Hall–Kier alpha value is -0.820. The van der Waals surface area contributed by atoms with Crippen LogP contribution in [0.1, 0.15) is 38.5 Å². The number of ether oxygens (including phenoxy) is 1. The zero-order valence-corrected chi connectivity index (χ0v) is 15.1. The predicted octanol–water partition coefficient (Wildman–Crippen LogP) is 3.54. The van der Waals surface area contributed by atoms with Crippen molar-refractivity contribution >= 4 is 39.2 Å². The van der Waals surface area contributed by atoms with Crippen LogP contribution in [0, 0.1) is 0 Å². The molecule has 0 saturated heterocycles. The maximum absolute atomic E-state index is 12.7. The lowest BCUT2D eigenvalue weighted by Crippen LogP contribution is -2.54. The zero-order valence-electron chi connectivity index (χ0n) is 12.8. The first kappa shape index (κ1) is 18.5. The summed E-state index contributed by atoms with van der Waals surface area (Å²) in [7, 11) is -2.75. The first-order valence-corrected chi connectivity index (χ1v) is 9.62. The molecule has 0 spiro atoms. The van der Waals surface area contributed by atoms with Crippen molar-refractivity contribution in [1.29, 1.82) is 0 Å². The van der Waals surface area contributed by atoms with Gasteiger partial charge in [0.05, 0.1) is 12.1 Å². The largest absolute Gasteiger partial charge is 0.468 e. The Kier molecular flexibility index (Phi) is 5.94. The highest BCUT2D eigenvalue weighted by Crippen LogP contribution is 2.32. The van der Waals surface area contributed by atoms with Gasteiger partial charge in [-0.1, -0.05) is 48.9 Å². The number of nitrogens with one attached hydrogen (secondary N) is 1. The molecule has 0 bridgehead atoms. The molecule has 1 saturated carbocycles. The monoisotopic (exact) mass is 379 g/mol. The van der Waals surface area contributed by atoms with Gasteiger partial charge in [0, 0.05) is 5.02 Å². The van der Waals surface area contributed by atoms with Gasteiger partial charge in [0.15, 0.2) is 0 Å². The normalized spacial score (nSPS) is 18.2. The second-order valence-corrected chi connectivity index (χ2v) is 8.16. The number of rotatable bonds is 4. The Labute approximate surface area is 146 Å². The van der Waals surface area contributed by atoms with Crippen molar-refractivity contribution in [2.75, 3.05) is 7.11 Å². The maximum Gasteiger partial charge on any atom is 0.327 e. The Morgan fingerprint density at radius 2 is 1.78 bits per heavy atom. The second kappa shape index (κ2) is 7.38. The molecule has 1 aliphatic carbocycles. The molecule has 8 heteroatoms. The fourth-order valence-electron chi connectivity index (χ4n) is 2.87. The lowest BCUT2D eigenvalue weighted by molar-refractivity contribution is -0.148. The van der Waals surface area contributed by atoms with E-state index in [0.717, 1.165) is 25.7 Å². The molecular formula is C15H19Cl2NO4S. The molecule has 2 rings (SSSR count). The van der Waals surface area contributed by atoms with E-state index in [1.165, 1.54) is 25.3 Å². The van der Waals surface area contributed by atoms with E-state index >= 15 is 0 Å². The van der Waals surface area contributed by atoms with E-state index < -0.39 is 21.5 Å². The average Bonchev–Trinajstić information content (AvgIpc) is 2.74. The number of esters is 1. The summed E-state index contributed by atoms with van der Waals surface area (Å²) in [6.45, 7) is 0. The molecule has 0 heterocycles. The van der Waals surface area contributed by atoms with Gasteiger partial charge in [0.25, 0.3) is 0 Å². The van der Waals surface area contributed by atoms with Gasteiger partial charge in [-0.25, -0.2) is 8.42 Å². The summed E-state index contributed by atoms with van der Waals surface area (Å²) in [6.07, 6.45) is 4.22. The van der Waals surface area contributed by atoms with Crippen molar-refractivity contribution in [3.8, 4) is 0 Å². The lowest BCUT2D eigenvalue weighted by atomic mass is 9.92. The first-order valence-electron chi connectivity index (χ1n) is 7.38. The summed E-state index contributed by atoms with van der Waals surface area (Å²) < 4.78 is 32.9. The molecule has 0 radical (unpaired) electrons. The van der Waals surface area contributed by atoms with Crippen LogP contribution >= 0.6 is 23.2 Å². The van der Waals surface area contributed by atoms with Crippen LogP contribution in [0.25, 0.3) is 0 Å². The first-order chi connectivity index (χ1) is 10.8. The highest BCUT2D eigenvalue weighted by molar-refractivity contribution is 7.89. The Morgan fingerprint density at radius 3 is 2.35 bits per heavy atom. The fourth-order valence-corrected chi connectivity index (χ4v) is 5.05. The van der Waals surface area contributed by atoms with Crippen molar-refractivity contribution in [1.82, 2.24) is 4.72 Å². The quantitative estimate of drug-likeness (QED) is 0.641. The standard InChI is InChI=1S/C15H19Cl2NO4S/c1-22-14(19)15(8-4-2-3-5-9-15)18-23(20,21)13-10-11(16)6-7-12(13)17/h6-7,10,18H,2-5,8-9H2,1H3. The molecule has 0 unspecified atom stereocenters. The molecule has 0 atom stereocenters. The van der Waals surface area contributed by atoms with E-state index in [9.17, 15) is 13.2 Å². The number of halogens is 2. The van der Waals surface area contributed by atoms with Gasteiger partial charge < -0.3 is 4.74 Å². The SMILES string of the molecule is COC(=O)C1(NS(=O)(=O)c2cc(Cl)ccc2Cl)CCCCCC1. The minimum absolute atomic E-state index is 0.0514. The summed E-state index contributed by atoms with van der Waals surface area (Å²) >= 11 is 11.9. The van der Waals surface area contributed by atoms with Crippen molar-refractivity contribution in [2.45, 2.75) is 49.0 Å². The molecule has 1 N–H and O–H groups in total. The molecule has 1 fully saturated rings. The average molecular weight is 380 g/mol. The number of hydrogen-bond acceptors (Lipinski definition) is 4. The van der Waals surface area contributed by atoms with Crippen LogP contribution in [-0.2, 0) is 19.6 Å². The maximum atomic E-state index is 12.7. The van der Waals surface area contributed by atoms with Crippen LogP contribution in [0.5, 0.6) is 0 Å². The molecular weight excluding hydrogens is 361 g/mol. The summed E-state index contributed by atoms with van der Waals surface area (Å²) in [4.78, 5) is 12.2. The van der Waals surface area contributed by atoms with Crippen LogP contribution in [0.2, 0.25) is 10.0 Å². The van der Waals surface area contributed by atoms with E-state index in [1.807, 2.05) is 0 Å². The zero-order chi connectivity index (χ0) is 17.1. The molecule has 1 aliphatic rings. The number of sulfonamides is 1. The Morgan fingerprint density at radius 1 is 1.17 bits per heavy atom. The van der Waals surface area contributed by atoms with Crippen molar-refractivity contribution in [3.63, 3.8) is 0 Å². The summed E-state index contributed by atoms with van der Waals surface area (Å²) in [5, 5.41) is 0.304. The van der Waals surface area contributed by atoms with Gasteiger partial charge in [-0.3, -0.25) is 4.79 Å². The van der Waals surface area contributed by atoms with E-state index in [1.54, 1.807) is 0 Å². The third-order valence-electron chi connectivity index (χ3n) is 4.05. The third kappa shape index (κ3) is 4.18. The van der Waals surface area contributed by atoms with Crippen LogP contribution in [0.15, 0.2) is 23.1 Å². The van der Waals surface area contributed by atoms with Gasteiger partial charge in [-0.05, 0) is 31.0 Å². The summed E-state index contributed by atoms with van der Waals surface area (Å²) in [5.74, 6) is -0.568. The second-order valence-electron chi connectivity index (χ2n) is 5.67. The van der Waals surface area contributed by atoms with Gasteiger partial charge in [0.2, 0.25) is 10.0 Å². The molecule has 5 nitrogen and oxygen atoms in total. The van der Waals surface area contributed by atoms with E-state index in [0.29, 0.717) is 12.8 Å².